The molecule has 2 rings (SSSR count). The molecule has 20 heavy (non-hydrogen) atoms. The van der Waals surface area contributed by atoms with Gasteiger partial charge in [-0.05, 0) is 24.5 Å². The molecular weight excluding hydrogens is 322 g/mol. The lowest BCUT2D eigenvalue weighted by Gasteiger charge is -2.28. The predicted molar refractivity (Wildman–Crippen MR) is 81.5 cm³/mol. The molecule has 1 aromatic rings. The van der Waals surface area contributed by atoms with Crippen LogP contribution in [0.3, 0.4) is 0 Å². The van der Waals surface area contributed by atoms with Crippen molar-refractivity contribution in [2.45, 2.75) is 32.4 Å². The molecule has 0 spiro atoms. The maximum absolute atomic E-state index is 12.3. The van der Waals surface area contributed by atoms with Crippen LogP contribution in [0.5, 0.6) is 11.5 Å². The minimum Gasteiger partial charge on any atom is -0.485 e. The number of para-hydroxylation sites is 2. The molecule has 1 heterocycles. The third kappa shape index (κ3) is 3.66. The van der Waals surface area contributed by atoms with Gasteiger partial charge in [-0.2, -0.15) is 0 Å². The van der Waals surface area contributed by atoms with Crippen LogP contribution in [0.4, 0.5) is 0 Å². The highest BCUT2D eigenvalue weighted by Gasteiger charge is 2.29. The second-order valence-electron chi connectivity index (χ2n) is 5.20. The molecule has 1 aliphatic heterocycles. The molecule has 0 aromatic heterocycles. The number of nitrogens with one attached hydrogen (secondary N) is 1. The van der Waals surface area contributed by atoms with E-state index in [0.29, 0.717) is 17.4 Å². The van der Waals surface area contributed by atoms with Gasteiger partial charge in [-0.25, -0.2) is 0 Å². The van der Waals surface area contributed by atoms with Crippen molar-refractivity contribution in [2.24, 2.45) is 5.92 Å². The molecule has 5 heteroatoms. The fourth-order valence-corrected chi connectivity index (χ4v) is 2.61. The number of carbonyl (C=O) groups is 1. The van der Waals surface area contributed by atoms with Crippen LogP contribution < -0.4 is 14.8 Å². The fraction of sp³-hybridized carbons (Fsp3) is 0.533. The number of amides is 1. The second kappa shape index (κ2) is 6.97. The summed E-state index contributed by atoms with van der Waals surface area (Å²) in [5.41, 5.74) is 0. The average Bonchev–Trinajstić information content (AvgIpc) is 2.46. The molecule has 0 fully saturated rings. The molecule has 2 unspecified atom stereocenters. The summed E-state index contributed by atoms with van der Waals surface area (Å²) in [6, 6.07) is 7.54. The van der Waals surface area contributed by atoms with E-state index in [1.165, 1.54) is 0 Å². The summed E-state index contributed by atoms with van der Waals surface area (Å²) in [4.78, 5) is 12.3. The van der Waals surface area contributed by atoms with E-state index in [0.717, 1.165) is 11.8 Å². The van der Waals surface area contributed by atoms with Crippen molar-refractivity contribution >= 4 is 21.8 Å². The van der Waals surface area contributed by atoms with Gasteiger partial charge in [0.25, 0.3) is 5.91 Å². The first kappa shape index (κ1) is 15.2. The van der Waals surface area contributed by atoms with Crippen molar-refractivity contribution in [3.05, 3.63) is 24.3 Å². The van der Waals surface area contributed by atoms with Gasteiger partial charge >= 0.3 is 0 Å². The van der Waals surface area contributed by atoms with E-state index in [2.05, 4.69) is 35.1 Å². The minimum atomic E-state index is -0.582. The van der Waals surface area contributed by atoms with Crippen molar-refractivity contribution < 1.29 is 14.3 Å². The Balaban J connectivity index is 1.97. The standard InChI is InChI=1S/C15H20BrNO3/c1-10(2)11(7-8-16)17-15(18)14-9-19-12-5-3-4-6-13(12)20-14/h3-6,10-11,14H,7-9H2,1-2H3,(H,17,18). The Kier molecular flexibility index (Phi) is 5.29. The molecule has 4 nitrogen and oxygen atoms in total. The van der Waals surface area contributed by atoms with Crippen molar-refractivity contribution in [1.82, 2.24) is 5.32 Å². The summed E-state index contributed by atoms with van der Waals surface area (Å²) in [7, 11) is 0. The first-order chi connectivity index (χ1) is 9.61. The van der Waals surface area contributed by atoms with Gasteiger partial charge in [0.05, 0.1) is 0 Å². The number of hydrogen-bond acceptors (Lipinski definition) is 3. The zero-order valence-corrected chi connectivity index (χ0v) is 13.4. The van der Waals surface area contributed by atoms with Crippen molar-refractivity contribution in [3.8, 4) is 11.5 Å². The number of fused-ring (bicyclic) bond motifs is 1. The highest BCUT2D eigenvalue weighted by Crippen LogP contribution is 2.30. The third-order valence-electron chi connectivity index (χ3n) is 3.35. The zero-order chi connectivity index (χ0) is 14.5. The summed E-state index contributed by atoms with van der Waals surface area (Å²) in [5.74, 6) is 1.59. The Labute approximate surface area is 128 Å². The van der Waals surface area contributed by atoms with Crippen LogP contribution in [-0.4, -0.2) is 30.0 Å². The van der Waals surface area contributed by atoms with Crippen LogP contribution in [0, 0.1) is 5.92 Å². The highest BCUT2D eigenvalue weighted by atomic mass is 79.9. The van der Waals surface area contributed by atoms with E-state index < -0.39 is 6.10 Å². The van der Waals surface area contributed by atoms with Crippen LogP contribution in [0.1, 0.15) is 20.3 Å². The van der Waals surface area contributed by atoms with E-state index >= 15 is 0 Å². The first-order valence-electron chi connectivity index (χ1n) is 6.86. The van der Waals surface area contributed by atoms with Gasteiger partial charge in [-0.1, -0.05) is 41.9 Å². The molecule has 1 aliphatic rings. The van der Waals surface area contributed by atoms with Crippen molar-refractivity contribution in [2.75, 3.05) is 11.9 Å². The number of halogens is 1. The van der Waals surface area contributed by atoms with Crippen LogP contribution >= 0.6 is 15.9 Å². The monoisotopic (exact) mass is 341 g/mol. The summed E-state index contributed by atoms with van der Waals surface area (Å²) < 4.78 is 11.3. The fourth-order valence-electron chi connectivity index (χ4n) is 2.11. The van der Waals surface area contributed by atoms with Crippen LogP contribution in [-0.2, 0) is 4.79 Å². The third-order valence-corrected chi connectivity index (χ3v) is 3.81. The SMILES string of the molecule is CC(C)C(CCBr)NC(=O)C1COc2ccccc2O1. The van der Waals surface area contributed by atoms with Gasteiger partial charge in [0.2, 0.25) is 6.10 Å². The Morgan fingerprint density at radius 3 is 2.75 bits per heavy atom. The normalized spacial score (nSPS) is 18.7. The molecule has 0 bridgehead atoms. The molecule has 0 saturated heterocycles. The Hall–Kier alpha value is -1.23. The van der Waals surface area contributed by atoms with Crippen LogP contribution in [0.25, 0.3) is 0 Å². The number of benzene rings is 1. The topological polar surface area (TPSA) is 47.6 Å². The second-order valence-corrected chi connectivity index (χ2v) is 5.99. The molecule has 1 N–H and O–H groups in total. The number of carbonyl (C=O) groups excluding carboxylic acids is 1. The van der Waals surface area contributed by atoms with E-state index in [9.17, 15) is 4.79 Å². The molecule has 0 saturated carbocycles. The lowest BCUT2D eigenvalue weighted by molar-refractivity contribution is -0.131. The molecule has 0 aliphatic carbocycles. The van der Waals surface area contributed by atoms with Crippen LogP contribution in [0.15, 0.2) is 24.3 Å². The number of rotatable bonds is 5. The van der Waals surface area contributed by atoms with Crippen molar-refractivity contribution in [3.63, 3.8) is 0 Å². The van der Waals surface area contributed by atoms with Gasteiger partial charge in [0.1, 0.15) is 6.61 Å². The van der Waals surface area contributed by atoms with Crippen LogP contribution in [0.2, 0.25) is 0 Å². The maximum atomic E-state index is 12.3. The Morgan fingerprint density at radius 2 is 2.10 bits per heavy atom. The maximum Gasteiger partial charge on any atom is 0.264 e. The lowest BCUT2D eigenvalue weighted by Crippen LogP contribution is -2.49. The van der Waals surface area contributed by atoms with E-state index in [-0.39, 0.29) is 18.6 Å². The lowest BCUT2D eigenvalue weighted by atomic mass is 10.0. The number of ether oxygens (including phenoxy) is 2. The summed E-state index contributed by atoms with van der Waals surface area (Å²) in [5, 5.41) is 3.91. The van der Waals surface area contributed by atoms with Gasteiger partial charge in [-0.3, -0.25) is 4.79 Å². The molecule has 0 radical (unpaired) electrons. The average molecular weight is 342 g/mol. The minimum absolute atomic E-state index is 0.112. The van der Waals surface area contributed by atoms with Gasteiger partial charge < -0.3 is 14.8 Å². The summed E-state index contributed by atoms with van der Waals surface area (Å²) >= 11 is 3.42. The van der Waals surface area contributed by atoms with Gasteiger partial charge in [0.15, 0.2) is 11.5 Å². The van der Waals surface area contributed by atoms with Gasteiger partial charge in [-0.15, -0.1) is 0 Å². The first-order valence-corrected chi connectivity index (χ1v) is 7.98. The Morgan fingerprint density at radius 1 is 1.40 bits per heavy atom. The molecular formula is C15H20BrNO3. The van der Waals surface area contributed by atoms with E-state index in [4.69, 9.17) is 9.47 Å². The summed E-state index contributed by atoms with van der Waals surface area (Å²) in [6.07, 6.45) is 0.314. The molecule has 1 aromatic carbocycles. The molecule has 2 atom stereocenters. The van der Waals surface area contributed by atoms with E-state index in [1.807, 2.05) is 24.3 Å². The van der Waals surface area contributed by atoms with Gasteiger partial charge in [0, 0.05) is 11.4 Å². The zero-order valence-electron chi connectivity index (χ0n) is 11.8. The Bertz CT molecular complexity index is 464. The smallest absolute Gasteiger partial charge is 0.264 e. The molecule has 1 amide bonds. The largest absolute Gasteiger partial charge is 0.485 e. The quantitative estimate of drug-likeness (QED) is 0.837. The van der Waals surface area contributed by atoms with Crippen molar-refractivity contribution in [1.29, 1.82) is 0 Å². The summed E-state index contributed by atoms with van der Waals surface area (Å²) in [6.45, 7) is 4.45. The van der Waals surface area contributed by atoms with E-state index in [1.54, 1.807) is 0 Å². The molecule has 110 valence electrons. The highest BCUT2D eigenvalue weighted by molar-refractivity contribution is 9.09. The number of alkyl halides is 1. The predicted octanol–water partition coefficient (Wildman–Crippen LogP) is 2.75. The number of hydrogen-bond donors (Lipinski definition) is 1.